The third-order valence-corrected chi connectivity index (χ3v) is 4.44. The maximum absolute atomic E-state index is 12.9. The molecule has 2 N–H and O–H groups in total. The first-order valence-electron chi connectivity index (χ1n) is 7.69. The number of pyridine rings is 1. The summed E-state index contributed by atoms with van der Waals surface area (Å²) in [7, 11) is 0. The first-order chi connectivity index (χ1) is 10.2. The van der Waals surface area contributed by atoms with E-state index in [0.717, 1.165) is 37.7 Å². The first-order valence-corrected chi connectivity index (χ1v) is 7.69. The molecule has 21 heavy (non-hydrogen) atoms. The summed E-state index contributed by atoms with van der Waals surface area (Å²) in [5, 5.41) is 4.26. The number of amides is 1. The highest BCUT2D eigenvalue weighted by atomic mass is 16.2. The number of nitrogens with two attached hydrogens (primary N) is 1. The Morgan fingerprint density at radius 3 is 2.86 bits per heavy atom. The van der Waals surface area contributed by atoms with Crippen LogP contribution in [0.25, 0.3) is 5.52 Å². The number of aromatic nitrogens is 2. The smallest absolute Gasteiger partial charge is 0.257 e. The predicted octanol–water partition coefficient (Wildman–Crippen LogP) is 2.07. The molecule has 0 unspecified atom stereocenters. The summed E-state index contributed by atoms with van der Waals surface area (Å²) in [4.78, 5) is 14.9. The van der Waals surface area contributed by atoms with Gasteiger partial charge < -0.3 is 10.6 Å². The number of carbonyl (C=O) groups is 1. The molecule has 0 aliphatic heterocycles. The van der Waals surface area contributed by atoms with Gasteiger partial charge in [-0.15, -0.1) is 0 Å². The summed E-state index contributed by atoms with van der Waals surface area (Å²) in [6.07, 6.45) is 7.54. The molecule has 0 bridgehead atoms. The van der Waals surface area contributed by atoms with Crippen LogP contribution in [0.2, 0.25) is 0 Å². The minimum atomic E-state index is 0.0826. The molecule has 1 amide bonds. The third-order valence-electron chi connectivity index (χ3n) is 4.44. The van der Waals surface area contributed by atoms with Crippen LogP contribution in [0.1, 0.15) is 43.0 Å². The quantitative estimate of drug-likeness (QED) is 0.939. The Morgan fingerprint density at radius 1 is 1.38 bits per heavy atom. The summed E-state index contributed by atoms with van der Waals surface area (Å²) in [6, 6.07) is 6.39. The molecule has 5 heteroatoms. The minimum Gasteiger partial charge on any atom is -0.336 e. The molecule has 0 radical (unpaired) electrons. The maximum Gasteiger partial charge on any atom is 0.257 e. The van der Waals surface area contributed by atoms with Crippen molar-refractivity contribution in [3.05, 3.63) is 36.2 Å². The van der Waals surface area contributed by atoms with E-state index in [0.29, 0.717) is 17.6 Å². The summed E-state index contributed by atoms with van der Waals surface area (Å²) in [5.74, 6) is 0.0826. The van der Waals surface area contributed by atoms with Gasteiger partial charge in [0.2, 0.25) is 0 Å². The Labute approximate surface area is 124 Å². The molecule has 0 spiro atoms. The summed E-state index contributed by atoms with van der Waals surface area (Å²) >= 11 is 0. The standard InChI is InChI=1S/C16H22N4O/c1-2-19(13-8-6-12(17)7-9-13)16(21)14-11-18-20-10-4-3-5-15(14)20/h3-5,10-13H,2,6-9,17H2,1H3. The zero-order valence-electron chi connectivity index (χ0n) is 12.4. The van der Waals surface area contributed by atoms with E-state index in [1.807, 2.05) is 36.2 Å². The van der Waals surface area contributed by atoms with E-state index in [4.69, 9.17) is 5.73 Å². The Balaban J connectivity index is 1.85. The molecule has 1 saturated carbocycles. The fourth-order valence-electron chi connectivity index (χ4n) is 3.23. The van der Waals surface area contributed by atoms with Gasteiger partial charge in [-0.1, -0.05) is 6.07 Å². The molecule has 2 heterocycles. The molecule has 2 aromatic heterocycles. The van der Waals surface area contributed by atoms with Crippen LogP contribution in [-0.2, 0) is 0 Å². The molecule has 0 aromatic carbocycles. The highest BCUT2D eigenvalue weighted by Gasteiger charge is 2.28. The van der Waals surface area contributed by atoms with Crippen LogP contribution in [0.3, 0.4) is 0 Å². The normalized spacial score (nSPS) is 22.4. The second kappa shape index (κ2) is 5.85. The molecule has 0 atom stereocenters. The van der Waals surface area contributed by atoms with Crippen LogP contribution in [0, 0.1) is 0 Å². The van der Waals surface area contributed by atoms with Crippen molar-refractivity contribution in [1.82, 2.24) is 14.5 Å². The molecule has 5 nitrogen and oxygen atoms in total. The topological polar surface area (TPSA) is 63.6 Å². The van der Waals surface area contributed by atoms with E-state index in [9.17, 15) is 4.79 Å². The lowest BCUT2D eigenvalue weighted by atomic mass is 9.90. The zero-order chi connectivity index (χ0) is 14.8. The molecular formula is C16H22N4O. The molecule has 1 aliphatic rings. The zero-order valence-corrected chi connectivity index (χ0v) is 12.4. The van der Waals surface area contributed by atoms with Gasteiger partial charge in [0.15, 0.2) is 0 Å². The fraction of sp³-hybridized carbons (Fsp3) is 0.500. The highest BCUT2D eigenvalue weighted by molar-refractivity contribution is 6.00. The Bertz CT molecular complexity index is 628. The van der Waals surface area contributed by atoms with Crippen LogP contribution in [0.15, 0.2) is 30.6 Å². The molecule has 112 valence electrons. The second-order valence-corrected chi connectivity index (χ2v) is 5.75. The van der Waals surface area contributed by atoms with Gasteiger partial charge in [-0.3, -0.25) is 4.79 Å². The van der Waals surface area contributed by atoms with E-state index in [2.05, 4.69) is 5.10 Å². The van der Waals surface area contributed by atoms with Crippen molar-refractivity contribution < 1.29 is 4.79 Å². The maximum atomic E-state index is 12.9. The number of rotatable bonds is 3. The lowest BCUT2D eigenvalue weighted by Crippen LogP contribution is -2.44. The number of carbonyl (C=O) groups excluding carboxylic acids is 1. The van der Waals surface area contributed by atoms with Crippen LogP contribution in [-0.4, -0.2) is 39.0 Å². The average Bonchev–Trinajstić information content (AvgIpc) is 2.94. The molecule has 1 aliphatic carbocycles. The Morgan fingerprint density at radius 2 is 2.14 bits per heavy atom. The van der Waals surface area contributed by atoms with Gasteiger partial charge in [-0.25, -0.2) is 4.52 Å². The Kier molecular flexibility index (Phi) is 3.92. The van der Waals surface area contributed by atoms with E-state index in [-0.39, 0.29) is 5.91 Å². The number of hydrogen-bond acceptors (Lipinski definition) is 3. The van der Waals surface area contributed by atoms with Crippen LogP contribution < -0.4 is 5.73 Å². The third kappa shape index (κ3) is 2.65. The van der Waals surface area contributed by atoms with Gasteiger partial charge in [0.25, 0.3) is 5.91 Å². The van der Waals surface area contributed by atoms with Crippen molar-refractivity contribution in [1.29, 1.82) is 0 Å². The van der Waals surface area contributed by atoms with Crippen LogP contribution in [0.4, 0.5) is 0 Å². The summed E-state index contributed by atoms with van der Waals surface area (Å²) in [5.41, 5.74) is 7.52. The predicted molar refractivity (Wildman–Crippen MR) is 82.1 cm³/mol. The second-order valence-electron chi connectivity index (χ2n) is 5.75. The van der Waals surface area contributed by atoms with E-state index >= 15 is 0 Å². The van der Waals surface area contributed by atoms with Crippen molar-refractivity contribution in [2.24, 2.45) is 5.73 Å². The lowest BCUT2D eigenvalue weighted by molar-refractivity contribution is 0.0642. The van der Waals surface area contributed by atoms with Crippen molar-refractivity contribution >= 4 is 11.4 Å². The van der Waals surface area contributed by atoms with Crippen LogP contribution in [0.5, 0.6) is 0 Å². The van der Waals surface area contributed by atoms with Gasteiger partial charge in [0.1, 0.15) is 0 Å². The molecule has 1 fully saturated rings. The van der Waals surface area contributed by atoms with E-state index in [1.54, 1.807) is 10.7 Å². The number of hydrogen-bond donors (Lipinski definition) is 1. The molecule has 2 aromatic rings. The van der Waals surface area contributed by atoms with Crippen molar-refractivity contribution in [2.45, 2.75) is 44.7 Å². The van der Waals surface area contributed by atoms with Crippen molar-refractivity contribution in [3.8, 4) is 0 Å². The number of nitrogens with zero attached hydrogens (tertiary/aromatic N) is 3. The molecule has 0 saturated heterocycles. The largest absolute Gasteiger partial charge is 0.336 e. The van der Waals surface area contributed by atoms with Gasteiger partial charge >= 0.3 is 0 Å². The van der Waals surface area contributed by atoms with Gasteiger partial charge in [0.05, 0.1) is 17.3 Å². The Hall–Kier alpha value is -1.88. The summed E-state index contributed by atoms with van der Waals surface area (Å²) in [6.45, 7) is 2.76. The van der Waals surface area contributed by atoms with Crippen molar-refractivity contribution in [3.63, 3.8) is 0 Å². The van der Waals surface area contributed by atoms with E-state index in [1.165, 1.54) is 0 Å². The SMILES string of the molecule is CCN(C(=O)c1cnn2ccccc12)C1CCC(N)CC1. The molecule has 3 rings (SSSR count). The first kappa shape index (κ1) is 14.1. The summed E-state index contributed by atoms with van der Waals surface area (Å²) < 4.78 is 1.75. The lowest BCUT2D eigenvalue weighted by Gasteiger charge is -2.35. The fourth-order valence-corrected chi connectivity index (χ4v) is 3.23. The van der Waals surface area contributed by atoms with Gasteiger partial charge in [-0.05, 0) is 44.7 Å². The molecular weight excluding hydrogens is 264 g/mol. The van der Waals surface area contributed by atoms with Crippen LogP contribution >= 0.6 is 0 Å². The van der Waals surface area contributed by atoms with Gasteiger partial charge in [-0.2, -0.15) is 5.10 Å². The van der Waals surface area contributed by atoms with Gasteiger partial charge in [0, 0.05) is 24.8 Å². The average molecular weight is 286 g/mol. The van der Waals surface area contributed by atoms with Crippen molar-refractivity contribution in [2.75, 3.05) is 6.54 Å². The highest BCUT2D eigenvalue weighted by Crippen LogP contribution is 2.24. The minimum absolute atomic E-state index is 0.0826. The van der Waals surface area contributed by atoms with E-state index < -0.39 is 0 Å². The number of fused-ring (bicyclic) bond motifs is 1. The monoisotopic (exact) mass is 286 g/mol.